The minimum Gasteiger partial charge on any atom is -0.345 e. The summed E-state index contributed by atoms with van der Waals surface area (Å²) in [4.78, 5) is 27.3. The van der Waals surface area contributed by atoms with Gasteiger partial charge in [-0.25, -0.2) is 0 Å². The SMILES string of the molecule is CC1(C2CC2)C(=O)NCC(=O)N1Cc1cc(Br)cs1. The minimum atomic E-state index is -0.675. The fourth-order valence-corrected chi connectivity index (χ4v) is 4.15. The molecule has 0 spiro atoms. The summed E-state index contributed by atoms with van der Waals surface area (Å²) in [5.41, 5.74) is -0.675. The van der Waals surface area contributed by atoms with Crippen LogP contribution in [0.15, 0.2) is 15.9 Å². The van der Waals surface area contributed by atoms with Gasteiger partial charge in [0, 0.05) is 14.7 Å². The quantitative estimate of drug-likeness (QED) is 0.914. The highest BCUT2D eigenvalue weighted by atomic mass is 79.9. The summed E-state index contributed by atoms with van der Waals surface area (Å²) < 4.78 is 1.02. The Bertz CT molecular complexity index is 541. The molecule has 1 N–H and O–H groups in total. The summed E-state index contributed by atoms with van der Waals surface area (Å²) in [6.07, 6.45) is 2.06. The van der Waals surface area contributed by atoms with Crippen LogP contribution in [0.4, 0.5) is 0 Å². The van der Waals surface area contributed by atoms with Gasteiger partial charge in [-0.2, -0.15) is 0 Å². The molecule has 3 rings (SSSR count). The highest BCUT2D eigenvalue weighted by Gasteiger charge is 2.54. The first-order chi connectivity index (χ1) is 9.01. The fourth-order valence-electron chi connectivity index (χ4n) is 2.71. The highest BCUT2D eigenvalue weighted by molar-refractivity contribution is 9.10. The second-order valence-electron chi connectivity index (χ2n) is 5.32. The van der Waals surface area contributed by atoms with Crippen LogP contribution in [0.3, 0.4) is 0 Å². The molecule has 0 bridgehead atoms. The van der Waals surface area contributed by atoms with Crippen LogP contribution in [-0.2, 0) is 16.1 Å². The van der Waals surface area contributed by atoms with Crippen molar-refractivity contribution >= 4 is 39.1 Å². The largest absolute Gasteiger partial charge is 0.345 e. The van der Waals surface area contributed by atoms with Gasteiger partial charge >= 0.3 is 0 Å². The number of carbonyl (C=O) groups is 2. The number of rotatable bonds is 3. The number of carbonyl (C=O) groups excluding carboxylic acids is 2. The van der Waals surface area contributed by atoms with Gasteiger partial charge in [0.15, 0.2) is 0 Å². The number of nitrogens with zero attached hydrogens (tertiary/aromatic N) is 1. The van der Waals surface area contributed by atoms with Gasteiger partial charge in [0.25, 0.3) is 0 Å². The van der Waals surface area contributed by atoms with Gasteiger partial charge in [-0.05, 0) is 47.7 Å². The molecule has 4 nitrogen and oxygen atoms in total. The predicted octanol–water partition coefficient (Wildman–Crippen LogP) is 2.14. The molecule has 19 heavy (non-hydrogen) atoms. The van der Waals surface area contributed by atoms with Crippen molar-refractivity contribution in [3.63, 3.8) is 0 Å². The smallest absolute Gasteiger partial charge is 0.246 e. The van der Waals surface area contributed by atoms with Crippen LogP contribution in [-0.4, -0.2) is 28.8 Å². The second kappa shape index (κ2) is 4.59. The van der Waals surface area contributed by atoms with Crippen molar-refractivity contribution in [2.24, 2.45) is 5.92 Å². The van der Waals surface area contributed by atoms with Gasteiger partial charge < -0.3 is 10.2 Å². The van der Waals surface area contributed by atoms with Crippen molar-refractivity contribution in [2.75, 3.05) is 6.54 Å². The van der Waals surface area contributed by atoms with Crippen molar-refractivity contribution in [1.82, 2.24) is 10.2 Å². The molecule has 1 aliphatic carbocycles. The Morgan fingerprint density at radius 2 is 2.26 bits per heavy atom. The van der Waals surface area contributed by atoms with Crippen LogP contribution in [0, 0.1) is 5.92 Å². The number of nitrogens with one attached hydrogen (secondary N) is 1. The molecule has 2 fully saturated rings. The van der Waals surface area contributed by atoms with E-state index >= 15 is 0 Å². The van der Waals surface area contributed by atoms with E-state index < -0.39 is 5.54 Å². The van der Waals surface area contributed by atoms with Crippen molar-refractivity contribution in [3.05, 3.63) is 20.8 Å². The molecular formula is C13H15BrN2O2S. The first-order valence-corrected chi connectivity index (χ1v) is 8.01. The number of piperazine rings is 1. The number of hydrogen-bond donors (Lipinski definition) is 1. The van der Waals surface area contributed by atoms with Gasteiger partial charge in [-0.3, -0.25) is 9.59 Å². The highest BCUT2D eigenvalue weighted by Crippen LogP contribution is 2.45. The summed E-state index contributed by atoms with van der Waals surface area (Å²) in [5, 5.41) is 4.73. The summed E-state index contributed by atoms with van der Waals surface area (Å²) in [6, 6.07) is 2.01. The summed E-state index contributed by atoms with van der Waals surface area (Å²) in [5.74, 6) is 0.309. The van der Waals surface area contributed by atoms with Crippen molar-refractivity contribution in [2.45, 2.75) is 31.8 Å². The van der Waals surface area contributed by atoms with E-state index in [2.05, 4.69) is 21.2 Å². The zero-order valence-electron chi connectivity index (χ0n) is 10.6. The molecule has 1 unspecified atom stereocenters. The first kappa shape index (κ1) is 13.1. The standard InChI is InChI=1S/C13H15BrN2O2S/c1-13(8-2-3-8)12(18)15-5-11(17)16(13)6-10-4-9(14)7-19-10/h4,7-8H,2-3,5-6H2,1H3,(H,15,18). The van der Waals surface area contributed by atoms with E-state index in [1.54, 1.807) is 16.2 Å². The Morgan fingerprint density at radius 1 is 1.53 bits per heavy atom. The number of thiophene rings is 1. The molecule has 6 heteroatoms. The van der Waals surface area contributed by atoms with Crippen LogP contribution in [0.5, 0.6) is 0 Å². The molecule has 0 aromatic carbocycles. The van der Waals surface area contributed by atoms with E-state index in [0.29, 0.717) is 12.5 Å². The van der Waals surface area contributed by atoms with Crippen LogP contribution in [0.25, 0.3) is 0 Å². The molecular weight excluding hydrogens is 328 g/mol. The van der Waals surface area contributed by atoms with E-state index in [9.17, 15) is 9.59 Å². The fraction of sp³-hybridized carbons (Fsp3) is 0.538. The molecule has 2 aliphatic rings. The van der Waals surface area contributed by atoms with Gasteiger partial charge in [-0.1, -0.05) is 0 Å². The molecule has 1 aliphatic heterocycles. The van der Waals surface area contributed by atoms with Crippen molar-refractivity contribution in [3.8, 4) is 0 Å². The molecule has 1 saturated heterocycles. The van der Waals surface area contributed by atoms with E-state index in [1.165, 1.54) is 0 Å². The lowest BCUT2D eigenvalue weighted by Gasteiger charge is -2.43. The molecule has 1 atom stereocenters. The zero-order chi connectivity index (χ0) is 13.6. The lowest BCUT2D eigenvalue weighted by Crippen LogP contribution is -2.66. The third-order valence-corrected chi connectivity index (χ3v) is 5.71. The second-order valence-corrected chi connectivity index (χ2v) is 7.23. The lowest BCUT2D eigenvalue weighted by molar-refractivity contribution is -0.155. The number of hydrogen-bond acceptors (Lipinski definition) is 3. The maximum Gasteiger partial charge on any atom is 0.246 e. The van der Waals surface area contributed by atoms with Crippen molar-refractivity contribution < 1.29 is 9.59 Å². The molecule has 1 saturated carbocycles. The Morgan fingerprint density at radius 3 is 2.84 bits per heavy atom. The topological polar surface area (TPSA) is 49.4 Å². The molecule has 102 valence electrons. The Hall–Kier alpha value is -0.880. The Labute approximate surface area is 124 Å². The summed E-state index contributed by atoms with van der Waals surface area (Å²) in [6.45, 7) is 2.54. The zero-order valence-corrected chi connectivity index (χ0v) is 13.0. The van der Waals surface area contributed by atoms with Crippen LogP contribution >= 0.6 is 27.3 Å². The first-order valence-electron chi connectivity index (χ1n) is 6.33. The predicted molar refractivity (Wildman–Crippen MR) is 76.7 cm³/mol. The summed E-state index contributed by atoms with van der Waals surface area (Å²) >= 11 is 5.03. The third kappa shape index (κ3) is 2.21. The van der Waals surface area contributed by atoms with E-state index in [4.69, 9.17) is 0 Å². The molecule has 2 heterocycles. The number of halogens is 1. The van der Waals surface area contributed by atoms with E-state index in [1.807, 2.05) is 18.4 Å². The normalized spacial score (nSPS) is 27.6. The lowest BCUT2D eigenvalue weighted by atomic mass is 9.90. The van der Waals surface area contributed by atoms with E-state index in [-0.39, 0.29) is 18.4 Å². The maximum absolute atomic E-state index is 12.2. The maximum atomic E-state index is 12.2. The Kier molecular flexibility index (Phi) is 3.17. The average Bonchev–Trinajstić information content (AvgIpc) is 3.15. The van der Waals surface area contributed by atoms with Crippen LogP contribution in [0.2, 0.25) is 0 Å². The van der Waals surface area contributed by atoms with Gasteiger partial charge in [0.05, 0.1) is 13.1 Å². The molecule has 1 aromatic rings. The molecule has 1 aromatic heterocycles. The molecule has 2 amide bonds. The number of amides is 2. The third-order valence-electron chi connectivity index (χ3n) is 4.03. The van der Waals surface area contributed by atoms with Crippen molar-refractivity contribution in [1.29, 1.82) is 0 Å². The van der Waals surface area contributed by atoms with Gasteiger partial charge in [0.2, 0.25) is 11.8 Å². The summed E-state index contributed by atoms with van der Waals surface area (Å²) in [7, 11) is 0. The van der Waals surface area contributed by atoms with Gasteiger partial charge in [0.1, 0.15) is 5.54 Å². The Balaban J connectivity index is 1.90. The van der Waals surface area contributed by atoms with Gasteiger partial charge in [-0.15, -0.1) is 11.3 Å². The van der Waals surface area contributed by atoms with Crippen LogP contribution in [0.1, 0.15) is 24.6 Å². The monoisotopic (exact) mass is 342 g/mol. The molecule has 0 radical (unpaired) electrons. The van der Waals surface area contributed by atoms with E-state index in [0.717, 1.165) is 22.2 Å². The van der Waals surface area contributed by atoms with Crippen LogP contribution < -0.4 is 5.32 Å². The minimum absolute atomic E-state index is 0.00905. The average molecular weight is 343 g/mol.